The summed E-state index contributed by atoms with van der Waals surface area (Å²) in [5.74, 6) is 0. The van der Waals surface area contributed by atoms with E-state index in [-0.39, 0.29) is 0 Å². The topological polar surface area (TPSA) is 45.5 Å². The van der Waals surface area contributed by atoms with Gasteiger partial charge in [-0.25, -0.2) is 4.98 Å². The number of rotatable bonds is 1. The zero-order valence-corrected chi connectivity index (χ0v) is 9.78. The summed E-state index contributed by atoms with van der Waals surface area (Å²) in [5.41, 5.74) is 3.84. The van der Waals surface area contributed by atoms with Gasteiger partial charge in [0.1, 0.15) is 5.15 Å². The molecule has 4 heteroatoms. The van der Waals surface area contributed by atoms with E-state index in [0.717, 1.165) is 10.9 Å². The third kappa shape index (κ3) is 1.86. The zero-order chi connectivity index (χ0) is 11.7. The van der Waals surface area contributed by atoms with Crippen LogP contribution in [0.5, 0.6) is 0 Å². The van der Waals surface area contributed by atoms with E-state index in [2.05, 4.69) is 10.1 Å². The standard InChI is InChI=1S/C12H11ClN2O/c1-7-3-9-5-10(6-14-16)12(13)15-11(9)4-8(7)2/h3-6,16H,1-2H3/b14-6+. The maximum Gasteiger partial charge on any atom is 0.138 e. The quantitative estimate of drug-likeness (QED) is 0.356. The molecule has 0 atom stereocenters. The van der Waals surface area contributed by atoms with Gasteiger partial charge >= 0.3 is 0 Å². The molecule has 3 nitrogen and oxygen atoms in total. The Morgan fingerprint density at radius 1 is 1.25 bits per heavy atom. The van der Waals surface area contributed by atoms with Gasteiger partial charge in [-0.15, -0.1) is 0 Å². The Morgan fingerprint density at radius 2 is 1.94 bits per heavy atom. The highest BCUT2D eigenvalue weighted by atomic mass is 35.5. The van der Waals surface area contributed by atoms with Crippen molar-refractivity contribution in [1.82, 2.24) is 4.98 Å². The smallest absolute Gasteiger partial charge is 0.138 e. The van der Waals surface area contributed by atoms with Crippen LogP contribution in [-0.4, -0.2) is 16.4 Å². The van der Waals surface area contributed by atoms with Crippen LogP contribution in [0.1, 0.15) is 16.7 Å². The first-order valence-electron chi connectivity index (χ1n) is 4.87. The minimum absolute atomic E-state index is 0.341. The molecule has 1 aromatic heterocycles. The number of oxime groups is 1. The number of hydrogen-bond donors (Lipinski definition) is 1. The van der Waals surface area contributed by atoms with E-state index in [4.69, 9.17) is 16.8 Å². The monoisotopic (exact) mass is 234 g/mol. The van der Waals surface area contributed by atoms with Crippen LogP contribution in [-0.2, 0) is 0 Å². The first kappa shape index (κ1) is 10.9. The molecule has 0 aliphatic heterocycles. The second-order valence-corrected chi connectivity index (χ2v) is 4.10. The summed E-state index contributed by atoms with van der Waals surface area (Å²) in [6.45, 7) is 4.08. The summed E-state index contributed by atoms with van der Waals surface area (Å²) in [7, 11) is 0. The second kappa shape index (κ2) is 4.10. The van der Waals surface area contributed by atoms with Crippen molar-refractivity contribution >= 4 is 28.7 Å². The lowest BCUT2D eigenvalue weighted by atomic mass is 10.1. The summed E-state index contributed by atoms with van der Waals surface area (Å²) in [6.07, 6.45) is 1.28. The molecule has 0 unspecified atom stereocenters. The summed E-state index contributed by atoms with van der Waals surface area (Å²) in [6, 6.07) is 5.90. The normalized spacial score (nSPS) is 11.4. The minimum atomic E-state index is 0.341. The highest BCUT2D eigenvalue weighted by molar-refractivity contribution is 6.32. The van der Waals surface area contributed by atoms with Gasteiger partial charge in [0.2, 0.25) is 0 Å². The molecule has 0 amide bonds. The molecule has 0 aliphatic rings. The van der Waals surface area contributed by atoms with E-state index in [1.807, 2.05) is 32.0 Å². The van der Waals surface area contributed by atoms with Gasteiger partial charge in [0.05, 0.1) is 11.7 Å². The fourth-order valence-electron chi connectivity index (χ4n) is 1.59. The molecule has 0 saturated carbocycles. The summed E-state index contributed by atoms with van der Waals surface area (Å²) >= 11 is 5.96. The molecule has 1 N–H and O–H groups in total. The molecule has 0 aliphatic carbocycles. The van der Waals surface area contributed by atoms with Gasteiger partial charge in [0.15, 0.2) is 0 Å². The Bertz CT molecular complexity index is 579. The number of fused-ring (bicyclic) bond motifs is 1. The van der Waals surface area contributed by atoms with Crippen molar-refractivity contribution in [1.29, 1.82) is 0 Å². The van der Waals surface area contributed by atoms with Gasteiger partial charge in [-0.3, -0.25) is 0 Å². The van der Waals surface area contributed by atoms with Gasteiger partial charge in [-0.05, 0) is 43.2 Å². The van der Waals surface area contributed by atoms with Crippen LogP contribution in [0.25, 0.3) is 10.9 Å². The van der Waals surface area contributed by atoms with Crippen LogP contribution in [0.4, 0.5) is 0 Å². The first-order valence-corrected chi connectivity index (χ1v) is 5.24. The van der Waals surface area contributed by atoms with Gasteiger partial charge in [-0.2, -0.15) is 0 Å². The molecule has 82 valence electrons. The predicted octanol–water partition coefficient (Wildman–Crippen LogP) is 3.31. The van der Waals surface area contributed by atoms with Crippen LogP contribution < -0.4 is 0 Å². The number of hydrogen-bond acceptors (Lipinski definition) is 3. The SMILES string of the molecule is Cc1cc2cc(/C=N/O)c(Cl)nc2cc1C. The second-order valence-electron chi connectivity index (χ2n) is 3.74. The van der Waals surface area contributed by atoms with Gasteiger partial charge in [0, 0.05) is 10.9 Å². The van der Waals surface area contributed by atoms with Gasteiger partial charge in [0.25, 0.3) is 0 Å². The molecule has 1 aromatic carbocycles. The average Bonchev–Trinajstić information content (AvgIpc) is 2.23. The van der Waals surface area contributed by atoms with E-state index in [9.17, 15) is 0 Å². The van der Waals surface area contributed by atoms with E-state index >= 15 is 0 Å². The Labute approximate surface area is 98.4 Å². The van der Waals surface area contributed by atoms with Gasteiger partial charge in [-0.1, -0.05) is 16.8 Å². The molecule has 0 fully saturated rings. The lowest BCUT2D eigenvalue weighted by Crippen LogP contribution is -1.91. The number of nitrogens with zero attached hydrogens (tertiary/aromatic N) is 2. The number of benzene rings is 1. The molecule has 2 aromatic rings. The maximum absolute atomic E-state index is 8.50. The lowest BCUT2D eigenvalue weighted by Gasteiger charge is -2.05. The van der Waals surface area contributed by atoms with E-state index in [1.54, 1.807) is 0 Å². The van der Waals surface area contributed by atoms with Crippen molar-refractivity contribution in [2.45, 2.75) is 13.8 Å². The van der Waals surface area contributed by atoms with E-state index in [0.29, 0.717) is 10.7 Å². The molecule has 2 rings (SSSR count). The molecule has 0 bridgehead atoms. The molecular formula is C12H11ClN2O. The summed E-state index contributed by atoms with van der Waals surface area (Å²) in [4.78, 5) is 4.26. The van der Waals surface area contributed by atoms with Crippen molar-refractivity contribution in [3.05, 3.63) is 40.0 Å². The largest absolute Gasteiger partial charge is 0.411 e. The first-order chi connectivity index (χ1) is 7.61. The maximum atomic E-state index is 8.50. The van der Waals surface area contributed by atoms with Crippen molar-refractivity contribution in [3.63, 3.8) is 0 Å². The van der Waals surface area contributed by atoms with E-state index < -0.39 is 0 Å². The minimum Gasteiger partial charge on any atom is -0.411 e. The number of aromatic nitrogens is 1. The molecule has 16 heavy (non-hydrogen) atoms. The van der Waals surface area contributed by atoms with Gasteiger partial charge < -0.3 is 5.21 Å². The van der Waals surface area contributed by atoms with Crippen LogP contribution in [0.15, 0.2) is 23.4 Å². The highest BCUT2D eigenvalue weighted by Crippen LogP contribution is 2.22. The molecular weight excluding hydrogens is 224 g/mol. The molecule has 0 spiro atoms. The molecule has 0 radical (unpaired) electrons. The van der Waals surface area contributed by atoms with Crippen LogP contribution in [0.3, 0.4) is 0 Å². The zero-order valence-electron chi connectivity index (χ0n) is 9.03. The van der Waals surface area contributed by atoms with Crippen LogP contribution in [0.2, 0.25) is 5.15 Å². The Kier molecular flexibility index (Phi) is 2.79. The molecule has 0 saturated heterocycles. The Morgan fingerprint density at radius 3 is 2.62 bits per heavy atom. The number of aryl methyl sites for hydroxylation is 2. The van der Waals surface area contributed by atoms with Crippen molar-refractivity contribution in [3.8, 4) is 0 Å². The summed E-state index contributed by atoms with van der Waals surface area (Å²) < 4.78 is 0. The van der Waals surface area contributed by atoms with E-state index in [1.165, 1.54) is 17.3 Å². The molecule has 1 heterocycles. The highest BCUT2D eigenvalue weighted by Gasteiger charge is 2.05. The third-order valence-corrected chi connectivity index (χ3v) is 2.91. The lowest BCUT2D eigenvalue weighted by molar-refractivity contribution is 0.322. The van der Waals surface area contributed by atoms with Crippen molar-refractivity contribution in [2.75, 3.05) is 0 Å². The van der Waals surface area contributed by atoms with Crippen molar-refractivity contribution in [2.24, 2.45) is 5.16 Å². The Hall–Kier alpha value is -1.61. The summed E-state index contributed by atoms with van der Waals surface area (Å²) in [5, 5.41) is 12.8. The fraction of sp³-hybridized carbons (Fsp3) is 0.167. The van der Waals surface area contributed by atoms with Crippen LogP contribution >= 0.6 is 11.6 Å². The third-order valence-electron chi connectivity index (χ3n) is 2.61. The van der Waals surface area contributed by atoms with Crippen molar-refractivity contribution < 1.29 is 5.21 Å². The average molecular weight is 235 g/mol. The number of pyridine rings is 1. The predicted molar refractivity (Wildman–Crippen MR) is 65.6 cm³/mol. The fourth-order valence-corrected chi connectivity index (χ4v) is 1.78. The number of halogens is 1. The Balaban J connectivity index is 2.74. The van der Waals surface area contributed by atoms with Crippen LogP contribution in [0, 0.1) is 13.8 Å².